The van der Waals surface area contributed by atoms with E-state index in [1.165, 1.54) is 37.1 Å². The maximum absolute atomic E-state index is 5.85. The standard InChI is InChI=1S/C15H24N4/c1-18-7-2-3-13-11-19(8-5-14(13)18)15-10-17-6-4-12(15)9-16/h4,6,10,13-14H,2-3,5,7-9,11,16H2,1H3. The molecule has 2 unspecified atom stereocenters. The molecule has 0 saturated carbocycles. The highest BCUT2D eigenvalue weighted by Crippen LogP contribution is 2.32. The van der Waals surface area contributed by atoms with Crippen molar-refractivity contribution in [2.24, 2.45) is 11.7 Å². The predicted octanol–water partition coefficient (Wildman–Crippen LogP) is 1.46. The van der Waals surface area contributed by atoms with Gasteiger partial charge >= 0.3 is 0 Å². The number of likely N-dealkylation sites (tertiary alicyclic amines) is 1. The summed E-state index contributed by atoms with van der Waals surface area (Å²) in [4.78, 5) is 9.33. The molecule has 0 spiro atoms. The monoisotopic (exact) mass is 260 g/mol. The number of rotatable bonds is 2. The van der Waals surface area contributed by atoms with Gasteiger partial charge in [-0.15, -0.1) is 0 Å². The van der Waals surface area contributed by atoms with Crippen molar-refractivity contribution in [1.29, 1.82) is 0 Å². The van der Waals surface area contributed by atoms with Crippen LogP contribution in [0.2, 0.25) is 0 Å². The maximum Gasteiger partial charge on any atom is 0.0598 e. The molecule has 4 heteroatoms. The average Bonchev–Trinajstić information content (AvgIpc) is 2.47. The molecule has 19 heavy (non-hydrogen) atoms. The Labute approximate surface area is 115 Å². The summed E-state index contributed by atoms with van der Waals surface area (Å²) in [5, 5.41) is 0. The van der Waals surface area contributed by atoms with Crippen LogP contribution >= 0.6 is 0 Å². The number of nitrogens with two attached hydrogens (primary N) is 1. The largest absolute Gasteiger partial charge is 0.370 e. The highest BCUT2D eigenvalue weighted by atomic mass is 15.2. The van der Waals surface area contributed by atoms with Crippen LogP contribution in [0.15, 0.2) is 18.5 Å². The Hall–Kier alpha value is -1.13. The Morgan fingerprint density at radius 2 is 2.26 bits per heavy atom. The molecule has 0 aromatic carbocycles. The van der Waals surface area contributed by atoms with E-state index in [0.29, 0.717) is 6.54 Å². The number of nitrogens with zero attached hydrogens (tertiary/aromatic N) is 3. The van der Waals surface area contributed by atoms with Gasteiger partial charge in [0.1, 0.15) is 0 Å². The van der Waals surface area contributed by atoms with Gasteiger partial charge in [-0.05, 0) is 50.4 Å². The molecule has 2 aliphatic rings. The fourth-order valence-corrected chi connectivity index (χ4v) is 3.74. The molecule has 2 aliphatic heterocycles. The fourth-order valence-electron chi connectivity index (χ4n) is 3.74. The van der Waals surface area contributed by atoms with Gasteiger partial charge in [-0.2, -0.15) is 0 Å². The van der Waals surface area contributed by atoms with Gasteiger partial charge in [-0.1, -0.05) is 0 Å². The number of hydrogen-bond donors (Lipinski definition) is 1. The first-order chi connectivity index (χ1) is 9.29. The zero-order valence-electron chi connectivity index (χ0n) is 11.8. The van der Waals surface area contributed by atoms with Crippen molar-refractivity contribution in [3.8, 4) is 0 Å². The summed E-state index contributed by atoms with van der Waals surface area (Å²) in [7, 11) is 2.28. The first-order valence-corrected chi connectivity index (χ1v) is 7.37. The van der Waals surface area contributed by atoms with E-state index in [-0.39, 0.29) is 0 Å². The molecule has 2 atom stereocenters. The molecule has 2 saturated heterocycles. The molecule has 0 bridgehead atoms. The van der Waals surface area contributed by atoms with E-state index in [2.05, 4.69) is 27.9 Å². The molecule has 1 aromatic rings. The summed E-state index contributed by atoms with van der Waals surface area (Å²) in [5.41, 5.74) is 8.32. The SMILES string of the molecule is CN1CCCC2CN(c3cnccc3CN)CCC21. The zero-order chi connectivity index (χ0) is 13.2. The number of fused-ring (bicyclic) bond motifs is 1. The lowest BCUT2D eigenvalue weighted by molar-refractivity contribution is 0.102. The van der Waals surface area contributed by atoms with Crippen LogP contribution in [0.25, 0.3) is 0 Å². The van der Waals surface area contributed by atoms with Gasteiger partial charge in [0.25, 0.3) is 0 Å². The molecule has 0 aliphatic carbocycles. The average molecular weight is 260 g/mol. The highest BCUT2D eigenvalue weighted by molar-refractivity contribution is 5.52. The molecule has 4 nitrogen and oxygen atoms in total. The van der Waals surface area contributed by atoms with E-state index in [1.54, 1.807) is 0 Å². The molecule has 1 aromatic heterocycles. The van der Waals surface area contributed by atoms with Crippen LogP contribution in [0.3, 0.4) is 0 Å². The summed E-state index contributed by atoms with van der Waals surface area (Å²) >= 11 is 0. The van der Waals surface area contributed by atoms with Gasteiger partial charge < -0.3 is 15.5 Å². The quantitative estimate of drug-likeness (QED) is 0.874. The third kappa shape index (κ3) is 2.47. The number of piperidine rings is 2. The van der Waals surface area contributed by atoms with Gasteiger partial charge in [0, 0.05) is 31.9 Å². The second-order valence-electron chi connectivity index (χ2n) is 5.89. The maximum atomic E-state index is 5.85. The van der Waals surface area contributed by atoms with Crippen LogP contribution in [-0.4, -0.2) is 42.6 Å². The van der Waals surface area contributed by atoms with Crippen LogP contribution in [0, 0.1) is 5.92 Å². The van der Waals surface area contributed by atoms with Crippen molar-refractivity contribution in [2.45, 2.75) is 31.8 Å². The van der Waals surface area contributed by atoms with E-state index in [4.69, 9.17) is 5.73 Å². The van der Waals surface area contributed by atoms with E-state index in [9.17, 15) is 0 Å². The van der Waals surface area contributed by atoms with Crippen LogP contribution in [0.4, 0.5) is 5.69 Å². The summed E-state index contributed by atoms with van der Waals surface area (Å²) in [5.74, 6) is 0.804. The zero-order valence-corrected chi connectivity index (χ0v) is 11.8. The number of anilines is 1. The summed E-state index contributed by atoms with van der Waals surface area (Å²) in [6, 6.07) is 2.83. The van der Waals surface area contributed by atoms with Gasteiger partial charge in [-0.25, -0.2) is 0 Å². The molecule has 0 amide bonds. The predicted molar refractivity (Wildman–Crippen MR) is 78.1 cm³/mol. The smallest absolute Gasteiger partial charge is 0.0598 e. The van der Waals surface area contributed by atoms with Crippen molar-refractivity contribution in [1.82, 2.24) is 9.88 Å². The number of aromatic nitrogens is 1. The van der Waals surface area contributed by atoms with Crippen LogP contribution in [0.5, 0.6) is 0 Å². The molecule has 0 radical (unpaired) electrons. The third-order valence-electron chi connectivity index (χ3n) is 4.79. The lowest BCUT2D eigenvalue weighted by Gasteiger charge is -2.46. The minimum absolute atomic E-state index is 0.600. The van der Waals surface area contributed by atoms with Gasteiger partial charge in [0.15, 0.2) is 0 Å². The normalized spacial score (nSPS) is 28.2. The molecule has 3 heterocycles. The molecule has 2 fully saturated rings. The van der Waals surface area contributed by atoms with E-state index >= 15 is 0 Å². The van der Waals surface area contributed by atoms with Crippen molar-refractivity contribution < 1.29 is 0 Å². The number of hydrogen-bond acceptors (Lipinski definition) is 4. The van der Waals surface area contributed by atoms with Crippen molar-refractivity contribution in [2.75, 3.05) is 31.6 Å². The number of pyridine rings is 1. The summed E-state index contributed by atoms with van der Waals surface area (Å²) in [6.07, 6.45) is 7.79. The van der Waals surface area contributed by atoms with Gasteiger partial charge in [0.2, 0.25) is 0 Å². The first kappa shape index (κ1) is 12.9. The van der Waals surface area contributed by atoms with E-state index in [0.717, 1.165) is 25.0 Å². The minimum atomic E-state index is 0.600. The Morgan fingerprint density at radius 1 is 1.37 bits per heavy atom. The van der Waals surface area contributed by atoms with Gasteiger partial charge in [-0.3, -0.25) is 4.98 Å². The molecule has 3 rings (SSSR count). The topological polar surface area (TPSA) is 45.4 Å². The Balaban J connectivity index is 1.77. The summed E-state index contributed by atoms with van der Waals surface area (Å²) in [6.45, 7) is 4.16. The molecular weight excluding hydrogens is 236 g/mol. The Morgan fingerprint density at radius 3 is 3.11 bits per heavy atom. The van der Waals surface area contributed by atoms with Crippen molar-refractivity contribution >= 4 is 5.69 Å². The second kappa shape index (κ2) is 5.47. The Bertz CT molecular complexity index is 434. The molecule has 104 valence electrons. The molecule has 2 N–H and O–H groups in total. The fraction of sp³-hybridized carbons (Fsp3) is 0.667. The Kier molecular flexibility index (Phi) is 3.71. The van der Waals surface area contributed by atoms with E-state index in [1.807, 2.05) is 12.4 Å². The van der Waals surface area contributed by atoms with Gasteiger partial charge in [0.05, 0.1) is 11.9 Å². The molecular formula is C15H24N4. The van der Waals surface area contributed by atoms with Crippen molar-refractivity contribution in [3.05, 3.63) is 24.0 Å². The second-order valence-corrected chi connectivity index (χ2v) is 5.89. The van der Waals surface area contributed by atoms with Crippen LogP contribution in [0.1, 0.15) is 24.8 Å². The third-order valence-corrected chi connectivity index (χ3v) is 4.79. The van der Waals surface area contributed by atoms with Crippen LogP contribution < -0.4 is 10.6 Å². The highest BCUT2D eigenvalue weighted by Gasteiger charge is 2.34. The lowest BCUT2D eigenvalue weighted by atomic mass is 9.84. The first-order valence-electron chi connectivity index (χ1n) is 7.37. The van der Waals surface area contributed by atoms with Crippen molar-refractivity contribution in [3.63, 3.8) is 0 Å². The van der Waals surface area contributed by atoms with E-state index < -0.39 is 0 Å². The van der Waals surface area contributed by atoms with Crippen LogP contribution in [-0.2, 0) is 6.54 Å². The minimum Gasteiger partial charge on any atom is -0.370 e. The lowest BCUT2D eigenvalue weighted by Crippen LogP contribution is -2.52. The summed E-state index contributed by atoms with van der Waals surface area (Å²) < 4.78 is 0.